The van der Waals surface area contributed by atoms with Gasteiger partial charge in [0.15, 0.2) is 0 Å². The second kappa shape index (κ2) is 8.60. The number of benzene rings is 1. The van der Waals surface area contributed by atoms with Crippen molar-refractivity contribution < 1.29 is 9.53 Å². The highest BCUT2D eigenvalue weighted by atomic mass is 16.5. The Hall–Kier alpha value is -2.44. The minimum absolute atomic E-state index is 0.216. The number of rotatable bonds is 7. The molecule has 3 rings (SSSR count). The molecule has 2 heterocycles. The van der Waals surface area contributed by atoms with Crippen molar-refractivity contribution in [3.63, 3.8) is 0 Å². The summed E-state index contributed by atoms with van der Waals surface area (Å²) in [5, 5.41) is 11.0. The maximum absolute atomic E-state index is 12.4. The van der Waals surface area contributed by atoms with Crippen LogP contribution in [0.15, 0.2) is 30.6 Å². The van der Waals surface area contributed by atoms with Crippen LogP contribution in [0, 0.1) is 12.8 Å². The van der Waals surface area contributed by atoms with E-state index in [-0.39, 0.29) is 5.91 Å². The Bertz CT molecular complexity index is 657. The van der Waals surface area contributed by atoms with Crippen LogP contribution in [-0.2, 0) is 11.3 Å². The Morgan fingerprint density at radius 2 is 2.16 bits per heavy atom. The predicted octanol–water partition coefficient (Wildman–Crippen LogP) is 2.08. The van der Waals surface area contributed by atoms with Gasteiger partial charge in [0.25, 0.3) is 0 Å². The maximum atomic E-state index is 12.4. The molecule has 7 heteroatoms. The van der Waals surface area contributed by atoms with Crippen molar-refractivity contribution in [3.8, 4) is 5.75 Å². The van der Waals surface area contributed by atoms with E-state index in [2.05, 4.69) is 34.6 Å². The molecular weight excluding hydrogens is 318 g/mol. The van der Waals surface area contributed by atoms with E-state index in [1.165, 1.54) is 5.56 Å². The van der Waals surface area contributed by atoms with Crippen molar-refractivity contribution in [1.29, 1.82) is 0 Å². The molecule has 1 amide bonds. The molecule has 1 aliphatic heterocycles. The van der Waals surface area contributed by atoms with E-state index in [0.29, 0.717) is 25.5 Å². The van der Waals surface area contributed by atoms with Crippen LogP contribution >= 0.6 is 0 Å². The minimum atomic E-state index is 0.216. The van der Waals surface area contributed by atoms with Gasteiger partial charge in [-0.3, -0.25) is 4.79 Å². The van der Waals surface area contributed by atoms with Crippen molar-refractivity contribution in [2.24, 2.45) is 5.92 Å². The highest BCUT2D eigenvalue weighted by Gasteiger charge is 2.23. The quantitative estimate of drug-likeness (QED) is 0.769. The van der Waals surface area contributed by atoms with Gasteiger partial charge in [0.05, 0.1) is 6.61 Å². The van der Waals surface area contributed by atoms with Gasteiger partial charge in [-0.25, -0.2) is 4.68 Å². The van der Waals surface area contributed by atoms with Crippen molar-refractivity contribution >= 4 is 5.91 Å². The summed E-state index contributed by atoms with van der Waals surface area (Å²) in [6.45, 7) is 5.04. The largest absolute Gasteiger partial charge is 0.493 e. The summed E-state index contributed by atoms with van der Waals surface area (Å²) in [6, 6.07) is 8.10. The van der Waals surface area contributed by atoms with Crippen LogP contribution in [0.1, 0.15) is 31.2 Å². The molecule has 1 aromatic carbocycles. The Balaban J connectivity index is 1.40. The molecule has 0 spiro atoms. The van der Waals surface area contributed by atoms with Crippen LogP contribution in [0.25, 0.3) is 0 Å². The molecule has 1 aromatic heterocycles. The Morgan fingerprint density at radius 3 is 2.92 bits per heavy atom. The summed E-state index contributed by atoms with van der Waals surface area (Å²) in [7, 11) is 0. The van der Waals surface area contributed by atoms with Crippen molar-refractivity contribution in [2.75, 3.05) is 19.7 Å². The zero-order chi connectivity index (χ0) is 17.5. The van der Waals surface area contributed by atoms with Gasteiger partial charge in [-0.1, -0.05) is 17.7 Å². The van der Waals surface area contributed by atoms with E-state index in [9.17, 15) is 4.79 Å². The first-order valence-corrected chi connectivity index (χ1v) is 8.89. The second-order valence-electron chi connectivity index (χ2n) is 6.65. The van der Waals surface area contributed by atoms with Crippen LogP contribution < -0.4 is 4.74 Å². The number of likely N-dealkylation sites (tertiary alicyclic amines) is 1. The molecule has 1 saturated heterocycles. The Labute approximate surface area is 148 Å². The number of hydrogen-bond acceptors (Lipinski definition) is 5. The van der Waals surface area contributed by atoms with E-state index in [1.807, 2.05) is 17.0 Å². The highest BCUT2D eigenvalue weighted by molar-refractivity contribution is 5.76. The summed E-state index contributed by atoms with van der Waals surface area (Å²) < 4.78 is 7.55. The molecule has 7 nitrogen and oxygen atoms in total. The van der Waals surface area contributed by atoms with Crippen LogP contribution in [0.5, 0.6) is 5.75 Å². The smallest absolute Gasteiger partial charge is 0.222 e. The van der Waals surface area contributed by atoms with Crippen LogP contribution in [-0.4, -0.2) is 50.7 Å². The standard InChI is InChI=1S/C18H25N5O2/c1-15-6-8-17(9-7-15)25-13-16-4-2-10-22(12-16)18(24)5-3-11-23-14-19-20-21-23/h6-9,14,16H,2-5,10-13H2,1H3/t16-/m1/s1. The first-order valence-electron chi connectivity index (χ1n) is 8.89. The third-order valence-corrected chi connectivity index (χ3v) is 4.55. The van der Waals surface area contributed by atoms with Crippen molar-refractivity contribution in [2.45, 2.75) is 39.2 Å². The molecule has 1 atom stereocenters. The predicted molar refractivity (Wildman–Crippen MR) is 93.0 cm³/mol. The maximum Gasteiger partial charge on any atom is 0.222 e. The number of amides is 1. The lowest BCUT2D eigenvalue weighted by atomic mass is 9.98. The Kier molecular flexibility index (Phi) is 5.98. The summed E-state index contributed by atoms with van der Waals surface area (Å²) >= 11 is 0. The highest BCUT2D eigenvalue weighted by Crippen LogP contribution is 2.20. The molecule has 1 fully saturated rings. The third kappa shape index (κ3) is 5.27. The summed E-state index contributed by atoms with van der Waals surface area (Å²) in [4.78, 5) is 14.4. The molecule has 0 N–H and O–H groups in total. The number of tetrazole rings is 1. The number of ether oxygens (including phenoxy) is 1. The topological polar surface area (TPSA) is 73.1 Å². The van der Waals surface area contributed by atoms with Crippen molar-refractivity contribution in [1.82, 2.24) is 25.1 Å². The van der Waals surface area contributed by atoms with Gasteiger partial charge in [0.2, 0.25) is 5.91 Å². The zero-order valence-electron chi connectivity index (χ0n) is 14.7. The fraction of sp³-hybridized carbons (Fsp3) is 0.556. The first kappa shape index (κ1) is 17.4. The molecule has 134 valence electrons. The van der Waals surface area contributed by atoms with Gasteiger partial charge >= 0.3 is 0 Å². The van der Waals surface area contributed by atoms with E-state index < -0.39 is 0 Å². The number of piperidine rings is 1. The van der Waals surface area contributed by atoms with Gasteiger partial charge in [0.1, 0.15) is 12.1 Å². The molecule has 0 radical (unpaired) electrons. The lowest BCUT2D eigenvalue weighted by molar-refractivity contribution is -0.133. The monoisotopic (exact) mass is 343 g/mol. The number of hydrogen-bond donors (Lipinski definition) is 0. The molecule has 0 unspecified atom stereocenters. The molecular formula is C18H25N5O2. The van der Waals surface area contributed by atoms with Gasteiger partial charge < -0.3 is 9.64 Å². The summed E-state index contributed by atoms with van der Waals surface area (Å²) in [6.07, 6.45) is 5.01. The molecule has 2 aromatic rings. The fourth-order valence-electron chi connectivity index (χ4n) is 3.11. The molecule has 0 saturated carbocycles. The van der Waals surface area contributed by atoms with Gasteiger partial charge in [-0.2, -0.15) is 0 Å². The SMILES string of the molecule is Cc1ccc(OC[C@@H]2CCCN(C(=O)CCCn3cnnn3)C2)cc1. The van der Waals surface area contributed by atoms with E-state index in [1.54, 1.807) is 11.0 Å². The minimum Gasteiger partial charge on any atom is -0.493 e. The summed E-state index contributed by atoms with van der Waals surface area (Å²) in [5.41, 5.74) is 1.23. The summed E-state index contributed by atoms with van der Waals surface area (Å²) in [5.74, 6) is 1.52. The number of nitrogens with zero attached hydrogens (tertiary/aromatic N) is 5. The first-order chi connectivity index (χ1) is 12.2. The molecule has 0 aliphatic carbocycles. The normalized spacial score (nSPS) is 17.5. The van der Waals surface area contributed by atoms with Gasteiger partial charge in [-0.15, -0.1) is 5.10 Å². The van der Waals surface area contributed by atoms with Crippen molar-refractivity contribution in [3.05, 3.63) is 36.2 Å². The fourth-order valence-corrected chi connectivity index (χ4v) is 3.11. The average Bonchev–Trinajstić information content (AvgIpc) is 3.15. The molecule has 25 heavy (non-hydrogen) atoms. The van der Waals surface area contributed by atoms with E-state index in [0.717, 1.165) is 38.1 Å². The number of aryl methyl sites for hydroxylation is 2. The Morgan fingerprint density at radius 1 is 1.32 bits per heavy atom. The lowest BCUT2D eigenvalue weighted by Gasteiger charge is -2.32. The van der Waals surface area contributed by atoms with Crippen LogP contribution in [0.4, 0.5) is 0 Å². The van der Waals surface area contributed by atoms with E-state index >= 15 is 0 Å². The number of aromatic nitrogens is 4. The lowest BCUT2D eigenvalue weighted by Crippen LogP contribution is -2.41. The molecule has 1 aliphatic rings. The van der Waals surface area contributed by atoms with Gasteiger partial charge in [-0.05, 0) is 48.7 Å². The number of carbonyl (C=O) groups excluding carboxylic acids is 1. The van der Waals surface area contributed by atoms with Crippen LogP contribution in [0.2, 0.25) is 0 Å². The average molecular weight is 343 g/mol. The van der Waals surface area contributed by atoms with E-state index in [4.69, 9.17) is 4.74 Å². The van der Waals surface area contributed by atoms with Gasteiger partial charge in [0, 0.05) is 32.0 Å². The van der Waals surface area contributed by atoms with Crippen LogP contribution in [0.3, 0.4) is 0 Å². The zero-order valence-corrected chi connectivity index (χ0v) is 14.7. The number of carbonyl (C=O) groups is 1. The third-order valence-electron chi connectivity index (χ3n) is 4.55. The second-order valence-corrected chi connectivity index (χ2v) is 6.65. The molecule has 0 bridgehead atoms.